The molecule has 1 N–H and O–H groups in total. The smallest absolute Gasteiger partial charge is 0.331 e. The van der Waals surface area contributed by atoms with Gasteiger partial charge in [0, 0.05) is 22.7 Å². The van der Waals surface area contributed by atoms with Crippen molar-refractivity contribution in [2.24, 2.45) is 0 Å². The number of carbonyl (C=O) groups is 2. The minimum Gasteiger partial charge on any atom is -0.496 e. The maximum Gasteiger partial charge on any atom is 0.331 e. The Hall–Kier alpha value is -2.60. The van der Waals surface area contributed by atoms with Crippen molar-refractivity contribution in [3.8, 4) is 5.75 Å². The molecule has 0 heterocycles. The highest BCUT2D eigenvalue weighted by Gasteiger charge is 2.16. The summed E-state index contributed by atoms with van der Waals surface area (Å²) >= 11 is 3.40. The van der Waals surface area contributed by atoms with E-state index >= 15 is 0 Å². The molecule has 2 aromatic rings. The van der Waals surface area contributed by atoms with Crippen molar-refractivity contribution in [1.29, 1.82) is 0 Å². The normalized spacial score (nSPS) is 11.8. The Labute approximate surface area is 161 Å². The van der Waals surface area contributed by atoms with Crippen LogP contribution in [0.4, 0.5) is 0 Å². The van der Waals surface area contributed by atoms with E-state index in [0.717, 1.165) is 15.6 Å². The van der Waals surface area contributed by atoms with Gasteiger partial charge in [0.1, 0.15) is 5.75 Å². The van der Waals surface area contributed by atoms with E-state index in [1.165, 1.54) is 13.0 Å². The van der Waals surface area contributed by atoms with Crippen LogP contribution in [0.3, 0.4) is 0 Å². The van der Waals surface area contributed by atoms with Crippen molar-refractivity contribution < 1.29 is 19.1 Å². The van der Waals surface area contributed by atoms with Crippen LogP contribution in [0, 0.1) is 0 Å². The van der Waals surface area contributed by atoms with Crippen LogP contribution in [0.25, 0.3) is 6.08 Å². The minimum absolute atomic E-state index is 0.289. The molecule has 0 saturated heterocycles. The maximum atomic E-state index is 12.1. The van der Waals surface area contributed by atoms with Crippen LogP contribution in [-0.4, -0.2) is 25.1 Å². The average molecular weight is 418 g/mol. The summed E-state index contributed by atoms with van der Waals surface area (Å²) in [6.45, 7) is 1.82. The number of methoxy groups -OCH3 is 1. The number of ether oxygens (including phenoxy) is 2. The van der Waals surface area contributed by atoms with Gasteiger partial charge in [0.05, 0.1) is 7.11 Å². The van der Waals surface area contributed by atoms with Crippen LogP contribution in [0.2, 0.25) is 0 Å². The number of nitrogens with one attached hydrogen (secondary N) is 1. The van der Waals surface area contributed by atoms with Crippen LogP contribution in [0.5, 0.6) is 5.75 Å². The molecular weight excluding hydrogens is 398 g/mol. The van der Waals surface area contributed by atoms with E-state index < -0.39 is 12.1 Å². The molecule has 2 aromatic carbocycles. The highest BCUT2D eigenvalue weighted by molar-refractivity contribution is 9.10. The number of esters is 1. The lowest BCUT2D eigenvalue weighted by Gasteiger charge is -2.13. The number of halogens is 1. The van der Waals surface area contributed by atoms with E-state index in [4.69, 9.17) is 9.47 Å². The molecule has 0 spiro atoms. The van der Waals surface area contributed by atoms with Gasteiger partial charge in [0.2, 0.25) is 0 Å². The maximum absolute atomic E-state index is 12.1. The summed E-state index contributed by atoms with van der Waals surface area (Å²) < 4.78 is 11.2. The van der Waals surface area contributed by atoms with E-state index in [1.807, 2.05) is 48.5 Å². The Bertz CT molecular complexity index is 804. The summed E-state index contributed by atoms with van der Waals surface area (Å²) in [7, 11) is 1.57. The number of para-hydroxylation sites is 1. The van der Waals surface area contributed by atoms with Crippen molar-refractivity contribution in [2.75, 3.05) is 7.11 Å². The number of hydrogen-bond donors (Lipinski definition) is 1. The largest absolute Gasteiger partial charge is 0.496 e. The molecule has 0 saturated carbocycles. The third-order valence-electron chi connectivity index (χ3n) is 3.61. The molecule has 1 amide bonds. The second-order valence-corrected chi connectivity index (χ2v) is 6.32. The molecule has 0 fully saturated rings. The lowest BCUT2D eigenvalue weighted by molar-refractivity contribution is -0.150. The topological polar surface area (TPSA) is 64.6 Å². The Morgan fingerprint density at radius 2 is 1.85 bits per heavy atom. The third-order valence-corrected chi connectivity index (χ3v) is 4.33. The lowest BCUT2D eigenvalue weighted by atomic mass is 10.2. The van der Waals surface area contributed by atoms with Crippen molar-refractivity contribution in [3.05, 3.63) is 70.2 Å². The molecule has 0 bridgehead atoms. The fraction of sp³-hybridized carbons (Fsp3) is 0.200. The van der Waals surface area contributed by atoms with Gasteiger partial charge in [-0.3, -0.25) is 4.79 Å². The number of carbonyl (C=O) groups excluding carboxylic acids is 2. The monoisotopic (exact) mass is 417 g/mol. The van der Waals surface area contributed by atoms with Gasteiger partial charge >= 0.3 is 5.97 Å². The summed E-state index contributed by atoms with van der Waals surface area (Å²) in [5, 5.41) is 2.73. The van der Waals surface area contributed by atoms with E-state index in [1.54, 1.807) is 13.2 Å². The second-order valence-electron chi connectivity index (χ2n) is 5.46. The number of hydrogen-bond acceptors (Lipinski definition) is 4. The Kier molecular flexibility index (Phi) is 7.41. The fourth-order valence-corrected chi connectivity index (χ4v) is 2.63. The van der Waals surface area contributed by atoms with E-state index in [9.17, 15) is 9.59 Å². The van der Waals surface area contributed by atoms with E-state index in [-0.39, 0.29) is 12.5 Å². The van der Waals surface area contributed by atoms with Gasteiger partial charge in [-0.1, -0.05) is 52.3 Å². The van der Waals surface area contributed by atoms with Gasteiger partial charge < -0.3 is 14.8 Å². The Morgan fingerprint density at radius 1 is 1.15 bits per heavy atom. The second kappa shape index (κ2) is 9.77. The number of amides is 1. The highest BCUT2D eigenvalue weighted by Crippen LogP contribution is 2.18. The summed E-state index contributed by atoms with van der Waals surface area (Å²) in [6.07, 6.45) is 2.02. The van der Waals surface area contributed by atoms with Crippen molar-refractivity contribution in [2.45, 2.75) is 19.6 Å². The molecule has 6 heteroatoms. The molecular formula is C20H20BrNO4. The van der Waals surface area contributed by atoms with Crippen LogP contribution >= 0.6 is 15.9 Å². The Morgan fingerprint density at radius 3 is 2.58 bits per heavy atom. The van der Waals surface area contributed by atoms with Crippen molar-refractivity contribution in [3.63, 3.8) is 0 Å². The SMILES string of the molecule is COc1ccccc1CNC(=O)[C@H](C)OC(=O)/C=C/c1ccccc1Br. The quantitative estimate of drug-likeness (QED) is 0.550. The minimum atomic E-state index is -0.902. The van der Waals surface area contributed by atoms with E-state index in [0.29, 0.717) is 5.75 Å². The molecule has 0 radical (unpaired) electrons. The summed E-state index contributed by atoms with van der Waals surface area (Å²) in [6, 6.07) is 14.9. The molecule has 2 rings (SSSR count). The van der Waals surface area contributed by atoms with Crippen LogP contribution in [0.1, 0.15) is 18.1 Å². The molecule has 1 atom stereocenters. The van der Waals surface area contributed by atoms with Gasteiger partial charge in [-0.15, -0.1) is 0 Å². The van der Waals surface area contributed by atoms with Gasteiger partial charge in [-0.05, 0) is 30.7 Å². The zero-order chi connectivity index (χ0) is 18.9. The van der Waals surface area contributed by atoms with Crippen molar-refractivity contribution in [1.82, 2.24) is 5.32 Å². The number of rotatable bonds is 7. The predicted molar refractivity (Wildman–Crippen MR) is 104 cm³/mol. The Balaban J connectivity index is 1.86. The van der Waals surface area contributed by atoms with Gasteiger partial charge in [-0.2, -0.15) is 0 Å². The third kappa shape index (κ3) is 5.74. The summed E-state index contributed by atoms with van der Waals surface area (Å²) in [5.74, 6) is -0.270. The van der Waals surface area contributed by atoms with Crippen LogP contribution in [-0.2, 0) is 20.9 Å². The molecule has 136 valence electrons. The molecule has 0 aliphatic carbocycles. The first kappa shape index (κ1) is 19.7. The zero-order valence-corrected chi connectivity index (χ0v) is 16.2. The zero-order valence-electron chi connectivity index (χ0n) is 14.6. The van der Waals surface area contributed by atoms with Gasteiger partial charge in [0.15, 0.2) is 6.10 Å². The van der Waals surface area contributed by atoms with E-state index in [2.05, 4.69) is 21.2 Å². The van der Waals surface area contributed by atoms with Crippen molar-refractivity contribution >= 4 is 33.9 Å². The summed E-state index contributed by atoms with van der Waals surface area (Å²) in [5.41, 5.74) is 1.69. The van der Waals surface area contributed by atoms with Gasteiger partial charge in [-0.25, -0.2) is 4.79 Å². The summed E-state index contributed by atoms with van der Waals surface area (Å²) in [4.78, 5) is 24.0. The predicted octanol–water partition coefficient (Wildman–Crippen LogP) is 3.72. The fourth-order valence-electron chi connectivity index (χ4n) is 2.21. The first-order valence-electron chi connectivity index (χ1n) is 8.04. The average Bonchev–Trinajstić information content (AvgIpc) is 2.65. The van der Waals surface area contributed by atoms with Crippen LogP contribution in [0.15, 0.2) is 59.1 Å². The lowest BCUT2D eigenvalue weighted by Crippen LogP contribution is -2.35. The van der Waals surface area contributed by atoms with Gasteiger partial charge in [0.25, 0.3) is 5.91 Å². The molecule has 0 unspecified atom stereocenters. The molecule has 0 aromatic heterocycles. The first-order valence-corrected chi connectivity index (χ1v) is 8.83. The molecule has 26 heavy (non-hydrogen) atoms. The highest BCUT2D eigenvalue weighted by atomic mass is 79.9. The van der Waals surface area contributed by atoms with Crippen LogP contribution < -0.4 is 10.1 Å². The standard InChI is InChI=1S/C20H20BrNO4/c1-14(20(24)22-13-16-8-4-6-10-18(16)25-2)26-19(23)12-11-15-7-3-5-9-17(15)21/h3-12,14H,13H2,1-2H3,(H,22,24)/b12-11+/t14-/m0/s1. The molecule has 0 aliphatic heterocycles. The molecule has 5 nitrogen and oxygen atoms in total. The number of benzene rings is 2. The first-order chi connectivity index (χ1) is 12.5. The molecule has 0 aliphatic rings.